The van der Waals surface area contributed by atoms with Crippen LogP contribution in [0.3, 0.4) is 0 Å². The van der Waals surface area contributed by atoms with Gasteiger partial charge in [-0.3, -0.25) is 0 Å². The summed E-state index contributed by atoms with van der Waals surface area (Å²) in [5.74, 6) is 0. The molecule has 0 unspecified atom stereocenters. The van der Waals surface area contributed by atoms with Gasteiger partial charge >= 0.3 is 0 Å². The summed E-state index contributed by atoms with van der Waals surface area (Å²) in [6.07, 6.45) is 3.84. The second kappa shape index (κ2) is 4.31. The lowest BCUT2D eigenvalue weighted by molar-refractivity contribution is 0.0787. The molecule has 0 heterocycles. The summed E-state index contributed by atoms with van der Waals surface area (Å²) in [6.45, 7) is 8.64. The van der Waals surface area contributed by atoms with E-state index in [-0.39, 0.29) is 0 Å². The molecule has 0 atom stereocenters. The highest BCUT2D eigenvalue weighted by Crippen LogP contribution is 2.47. The zero-order valence-corrected chi connectivity index (χ0v) is 10.6. The van der Waals surface area contributed by atoms with Crippen molar-refractivity contribution >= 4 is 15.9 Å². The van der Waals surface area contributed by atoms with Crippen molar-refractivity contribution in [3.63, 3.8) is 0 Å². The lowest BCUT2D eigenvalue weighted by Crippen LogP contribution is -2.15. The molecule has 0 aliphatic heterocycles. The van der Waals surface area contributed by atoms with Crippen molar-refractivity contribution in [3.8, 4) is 0 Å². The largest absolute Gasteiger partial charge is 0.381 e. The van der Waals surface area contributed by atoms with E-state index in [1.54, 1.807) is 0 Å². The van der Waals surface area contributed by atoms with Crippen molar-refractivity contribution in [2.24, 2.45) is 10.8 Å². The zero-order valence-electron chi connectivity index (χ0n) is 9.03. The minimum atomic E-state index is 0.408. The van der Waals surface area contributed by atoms with Crippen LogP contribution in [0.2, 0.25) is 0 Å². The third-order valence-corrected chi connectivity index (χ3v) is 3.83. The predicted molar refractivity (Wildman–Crippen MR) is 60.4 cm³/mol. The molecule has 0 N–H and O–H groups in total. The third-order valence-electron chi connectivity index (χ3n) is 2.65. The molecule has 1 nitrogen and oxygen atoms in total. The van der Waals surface area contributed by atoms with Gasteiger partial charge in [0.05, 0.1) is 6.61 Å². The van der Waals surface area contributed by atoms with Crippen LogP contribution in [0.15, 0.2) is 0 Å². The summed E-state index contributed by atoms with van der Waals surface area (Å²) in [4.78, 5) is 0. The molecule has 78 valence electrons. The van der Waals surface area contributed by atoms with Crippen molar-refractivity contribution in [1.29, 1.82) is 0 Å². The highest BCUT2D eigenvalue weighted by molar-refractivity contribution is 9.09. The van der Waals surface area contributed by atoms with Crippen LogP contribution in [0.25, 0.3) is 0 Å². The molecule has 1 aliphatic rings. The average molecular weight is 249 g/mol. The second-order valence-electron chi connectivity index (χ2n) is 5.50. The highest BCUT2D eigenvalue weighted by atomic mass is 79.9. The fourth-order valence-electron chi connectivity index (χ4n) is 1.16. The van der Waals surface area contributed by atoms with Gasteiger partial charge in [-0.05, 0) is 24.7 Å². The Morgan fingerprint density at radius 2 is 1.92 bits per heavy atom. The molecule has 0 radical (unpaired) electrons. The van der Waals surface area contributed by atoms with E-state index in [1.807, 2.05) is 0 Å². The van der Waals surface area contributed by atoms with Crippen LogP contribution < -0.4 is 0 Å². The first kappa shape index (κ1) is 11.5. The molecule has 1 aliphatic carbocycles. The molecule has 1 saturated carbocycles. The smallest absolute Gasteiger partial charge is 0.0530 e. The Bertz CT molecular complexity index is 156. The van der Waals surface area contributed by atoms with Crippen LogP contribution in [0.1, 0.15) is 40.0 Å². The van der Waals surface area contributed by atoms with Crippen LogP contribution in [0.5, 0.6) is 0 Å². The highest BCUT2D eigenvalue weighted by Gasteiger charge is 2.41. The van der Waals surface area contributed by atoms with E-state index in [9.17, 15) is 0 Å². The van der Waals surface area contributed by atoms with Gasteiger partial charge in [0.2, 0.25) is 0 Å². The maximum absolute atomic E-state index is 5.70. The van der Waals surface area contributed by atoms with E-state index in [2.05, 4.69) is 36.7 Å². The lowest BCUT2D eigenvalue weighted by atomic mass is 9.93. The van der Waals surface area contributed by atoms with Crippen molar-refractivity contribution in [2.75, 3.05) is 18.5 Å². The monoisotopic (exact) mass is 248 g/mol. The minimum absolute atomic E-state index is 0.408. The summed E-state index contributed by atoms with van der Waals surface area (Å²) in [7, 11) is 0. The fourth-order valence-corrected chi connectivity index (χ4v) is 1.88. The van der Waals surface area contributed by atoms with Gasteiger partial charge < -0.3 is 4.74 Å². The Balaban J connectivity index is 2.02. The van der Waals surface area contributed by atoms with Gasteiger partial charge in [0.25, 0.3) is 0 Å². The van der Waals surface area contributed by atoms with Crippen LogP contribution in [0.4, 0.5) is 0 Å². The lowest BCUT2D eigenvalue weighted by Gasteiger charge is -2.19. The van der Waals surface area contributed by atoms with Gasteiger partial charge in [-0.15, -0.1) is 0 Å². The van der Waals surface area contributed by atoms with E-state index in [0.29, 0.717) is 10.8 Å². The predicted octanol–water partition coefficient (Wildman–Crippen LogP) is 3.61. The molecule has 2 heteroatoms. The van der Waals surface area contributed by atoms with Gasteiger partial charge in [-0.2, -0.15) is 0 Å². The summed E-state index contributed by atoms with van der Waals surface area (Å²) in [6, 6.07) is 0. The average Bonchev–Trinajstić information content (AvgIpc) is 2.78. The van der Waals surface area contributed by atoms with Gasteiger partial charge in [0.15, 0.2) is 0 Å². The van der Waals surface area contributed by atoms with Crippen LogP contribution in [0, 0.1) is 10.8 Å². The number of halogens is 1. The Hall–Kier alpha value is 0.440. The molecule has 1 fully saturated rings. The van der Waals surface area contributed by atoms with Crippen molar-refractivity contribution in [3.05, 3.63) is 0 Å². The van der Waals surface area contributed by atoms with E-state index in [4.69, 9.17) is 4.74 Å². The molecule has 0 aromatic rings. The van der Waals surface area contributed by atoms with Gasteiger partial charge in [-0.1, -0.05) is 36.7 Å². The number of rotatable bonds is 5. The number of hydrogen-bond acceptors (Lipinski definition) is 1. The molecule has 0 aromatic carbocycles. The standard InChI is InChI=1S/C11H21BrO/c1-10(2,3)6-7-13-9-11(8-12)4-5-11/h4-9H2,1-3H3. The van der Waals surface area contributed by atoms with E-state index in [1.165, 1.54) is 12.8 Å². The number of hydrogen-bond donors (Lipinski definition) is 0. The maximum atomic E-state index is 5.70. The molecule has 0 spiro atoms. The topological polar surface area (TPSA) is 9.23 Å². The molecule has 0 bridgehead atoms. The van der Waals surface area contributed by atoms with Gasteiger partial charge in [-0.25, -0.2) is 0 Å². The summed E-state index contributed by atoms with van der Waals surface area (Å²) >= 11 is 3.54. The first-order valence-electron chi connectivity index (χ1n) is 5.11. The van der Waals surface area contributed by atoms with E-state index >= 15 is 0 Å². The number of ether oxygens (including phenoxy) is 1. The van der Waals surface area contributed by atoms with Crippen LogP contribution in [-0.4, -0.2) is 18.5 Å². The summed E-state index contributed by atoms with van der Waals surface area (Å²) < 4.78 is 5.70. The fraction of sp³-hybridized carbons (Fsp3) is 1.00. The number of alkyl halides is 1. The molecular formula is C11H21BrO. The first-order chi connectivity index (χ1) is 5.97. The minimum Gasteiger partial charge on any atom is -0.381 e. The van der Waals surface area contributed by atoms with E-state index < -0.39 is 0 Å². The van der Waals surface area contributed by atoms with E-state index in [0.717, 1.165) is 25.0 Å². The first-order valence-corrected chi connectivity index (χ1v) is 6.23. The Morgan fingerprint density at radius 1 is 1.31 bits per heavy atom. The Kier molecular flexibility index (Phi) is 3.82. The van der Waals surface area contributed by atoms with Crippen molar-refractivity contribution < 1.29 is 4.74 Å². The third kappa shape index (κ3) is 4.46. The molecule has 0 aromatic heterocycles. The summed E-state index contributed by atoms with van der Waals surface area (Å²) in [5.41, 5.74) is 0.920. The zero-order chi connectivity index (χ0) is 9.95. The van der Waals surface area contributed by atoms with Crippen molar-refractivity contribution in [2.45, 2.75) is 40.0 Å². The SMILES string of the molecule is CC(C)(C)CCOCC1(CBr)CC1. The quantitative estimate of drug-likeness (QED) is 0.534. The molecule has 0 amide bonds. The summed E-state index contributed by atoms with van der Waals surface area (Å²) in [5, 5.41) is 1.11. The van der Waals surface area contributed by atoms with Crippen LogP contribution >= 0.6 is 15.9 Å². The van der Waals surface area contributed by atoms with Crippen LogP contribution in [-0.2, 0) is 4.74 Å². The second-order valence-corrected chi connectivity index (χ2v) is 6.06. The molecule has 0 saturated heterocycles. The van der Waals surface area contributed by atoms with Gasteiger partial charge in [0.1, 0.15) is 0 Å². The van der Waals surface area contributed by atoms with Crippen molar-refractivity contribution in [1.82, 2.24) is 0 Å². The Morgan fingerprint density at radius 3 is 2.31 bits per heavy atom. The normalized spacial score (nSPS) is 20.3. The molecular weight excluding hydrogens is 228 g/mol. The molecule has 13 heavy (non-hydrogen) atoms. The maximum Gasteiger partial charge on any atom is 0.0530 e. The molecule has 1 rings (SSSR count). The Labute approximate surface area is 90.4 Å². The van der Waals surface area contributed by atoms with Gasteiger partial charge in [0, 0.05) is 17.4 Å².